The Morgan fingerprint density at radius 3 is 1.46 bits per heavy atom. The molecule has 0 aliphatic heterocycles. The number of esters is 2. The number of fused-ring (bicyclic) bond motifs is 4. The SMILES string of the molecule is C=CC(=O)OCOc1cc2c(cc1C)C(C)(C)CC21CC(C)(C)c2cc(C)c(OCOC(=O)C=C)cc21. The largest absolute Gasteiger partial charge is 0.457 e. The molecule has 37 heavy (non-hydrogen) atoms. The Morgan fingerprint density at radius 1 is 0.730 bits per heavy atom. The second kappa shape index (κ2) is 9.40. The van der Waals surface area contributed by atoms with E-state index in [2.05, 4.69) is 65.1 Å². The van der Waals surface area contributed by atoms with Gasteiger partial charge in [-0.05, 0) is 83.0 Å². The molecule has 0 atom stereocenters. The van der Waals surface area contributed by atoms with Crippen molar-refractivity contribution in [2.75, 3.05) is 13.6 Å². The van der Waals surface area contributed by atoms with Crippen LogP contribution >= 0.6 is 0 Å². The minimum Gasteiger partial charge on any atom is -0.457 e. The Morgan fingerprint density at radius 2 is 1.11 bits per heavy atom. The molecule has 6 heteroatoms. The number of aryl methyl sites for hydroxylation is 2. The Labute approximate surface area is 219 Å². The van der Waals surface area contributed by atoms with Crippen LogP contribution in [0.5, 0.6) is 11.5 Å². The molecule has 0 bridgehead atoms. The zero-order chi connectivity index (χ0) is 27.2. The van der Waals surface area contributed by atoms with Crippen molar-refractivity contribution in [2.45, 2.75) is 70.6 Å². The summed E-state index contributed by atoms with van der Waals surface area (Å²) in [6, 6.07) is 8.66. The van der Waals surface area contributed by atoms with Crippen LogP contribution < -0.4 is 9.47 Å². The van der Waals surface area contributed by atoms with Crippen LogP contribution in [0.4, 0.5) is 0 Å². The van der Waals surface area contributed by atoms with Crippen LogP contribution in [-0.4, -0.2) is 25.5 Å². The minimum atomic E-state index is -0.524. The molecule has 196 valence electrons. The van der Waals surface area contributed by atoms with E-state index in [-0.39, 0.29) is 29.8 Å². The molecule has 4 rings (SSSR count). The van der Waals surface area contributed by atoms with E-state index in [4.69, 9.17) is 18.9 Å². The zero-order valence-electron chi connectivity index (χ0n) is 22.7. The maximum Gasteiger partial charge on any atom is 0.333 e. The van der Waals surface area contributed by atoms with Crippen molar-refractivity contribution >= 4 is 11.9 Å². The van der Waals surface area contributed by atoms with Gasteiger partial charge in [-0.15, -0.1) is 0 Å². The molecule has 2 aliphatic rings. The molecular formula is C31H36O6. The highest BCUT2D eigenvalue weighted by Gasteiger charge is 2.56. The first-order chi connectivity index (χ1) is 17.3. The summed E-state index contributed by atoms with van der Waals surface area (Å²) in [4.78, 5) is 23.0. The predicted octanol–water partition coefficient (Wildman–Crippen LogP) is 6.08. The normalized spacial score (nSPS) is 17.5. The zero-order valence-corrected chi connectivity index (χ0v) is 22.7. The number of carbonyl (C=O) groups is 2. The number of rotatable bonds is 8. The number of benzene rings is 2. The number of hydrogen-bond donors (Lipinski definition) is 0. The first kappa shape index (κ1) is 26.5. The van der Waals surface area contributed by atoms with E-state index in [9.17, 15) is 9.59 Å². The summed E-state index contributed by atoms with van der Waals surface area (Å²) in [7, 11) is 0. The van der Waals surface area contributed by atoms with Gasteiger partial charge in [-0.25, -0.2) is 9.59 Å². The predicted molar refractivity (Wildman–Crippen MR) is 142 cm³/mol. The van der Waals surface area contributed by atoms with Crippen molar-refractivity contribution in [3.63, 3.8) is 0 Å². The Kier molecular flexibility index (Phi) is 6.74. The summed E-state index contributed by atoms with van der Waals surface area (Å²) in [6.07, 6.45) is 4.12. The average molecular weight is 505 g/mol. The lowest BCUT2D eigenvalue weighted by atomic mass is 9.72. The Bertz CT molecular complexity index is 1180. The molecule has 0 heterocycles. The van der Waals surface area contributed by atoms with E-state index < -0.39 is 11.9 Å². The summed E-state index contributed by atoms with van der Waals surface area (Å²) < 4.78 is 21.9. The fourth-order valence-electron chi connectivity index (χ4n) is 6.31. The van der Waals surface area contributed by atoms with Crippen LogP contribution in [-0.2, 0) is 35.3 Å². The van der Waals surface area contributed by atoms with Crippen molar-refractivity contribution in [3.8, 4) is 11.5 Å². The summed E-state index contributed by atoms with van der Waals surface area (Å²) in [5.41, 5.74) is 6.68. The number of carbonyl (C=O) groups excluding carboxylic acids is 2. The summed E-state index contributed by atoms with van der Waals surface area (Å²) in [5, 5.41) is 0. The van der Waals surface area contributed by atoms with Crippen molar-refractivity contribution in [2.24, 2.45) is 0 Å². The van der Waals surface area contributed by atoms with Gasteiger partial charge in [0.25, 0.3) is 0 Å². The fraction of sp³-hybridized carbons (Fsp3) is 0.419. The molecule has 0 aromatic heterocycles. The lowest BCUT2D eigenvalue weighted by molar-refractivity contribution is -0.145. The number of hydrogen-bond acceptors (Lipinski definition) is 6. The topological polar surface area (TPSA) is 71.1 Å². The minimum absolute atomic E-state index is 0.0585. The van der Waals surface area contributed by atoms with Gasteiger partial charge in [0.2, 0.25) is 13.6 Å². The van der Waals surface area contributed by atoms with E-state index in [1.165, 1.54) is 22.3 Å². The molecular weight excluding hydrogens is 468 g/mol. The van der Waals surface area contributed by atoms with Crippen LogP contribution in [0.15, 0.2) is 49.6 Å². The molecule has 0 amide bonds. The van der Waals surface area contributed by atoms with Crippen molar-refractivity contribution in [1.29, 1.82) is 0 Å². The average Bonchev–Trinajstić information content (AvgIpc) is 3.18. The van der Waals surface area contributed by atoms with Crippen LogP contribution in [0.3, 0.4) is 0 Å². The number of ether oxygens (including phenoxy) is 4. The van der Waals surface area contributed by atoms with Crippen LogP contribution in [0.25, 0.3) is 0 Å². The molecule has 0 saturated carbocycles. The Balaban J connectivity index is 1.79. The second-order valence-corrected chi connectivity index (χ2v) is 11.4. The third kappa shape index (κ3) is 4.65. The van der Waals surface area contributed by atoms with E-state index in [1.54, 1.807) is 0 Å². The molecule has 0 N–H and O–H groups in total. The molecule has 6 nitrogen and oxygen atoms in total. The highest BCUT2D eigenvalue weighted by Crippen LogP contribution is 2.64. The van der Waals surface area contributed by atoms with Crippen molar-refractivity contribution in [3.05, 3.63) is 83.0 Å². The van der Waals surface area contributed by atoms with Gasteiger partial charge in [0.1, 0.15) is 11.5 Å². The highest BCUT2D eigenvalue weighted by atomic mass is 16.7. The fourth-order valence-corrected chi connectivity index (χ4v) is 6.31. The highest BCUT2D eigenvalue weighted by molar-refractivity contribution is 5.81. The van der Waals surface area contributed by atoms with Gasteiger partial charge < -0.3 is 18.9 Å². The van der Waals surface area contributed by atoms with Gasteiger partial charge in [0, 0.05) is 17.6 Å². The monoisotopic (exact) mass is 504 g/mol. The quantitative estimate of drug-likeness (QED) is 0.246. The molecule has 0 radical (unpaired) electrons. The van der Waals surface area contributed by atoms with E-state index in [1.807, 2.05) is 13.8 Å². The van der Waals surface area contributed by atoms with E-state index in [0.29, 0.717) is 11.5 Å². The molecule has 0 unspecified atom stereocenters. The van der Waals surface area contributed by atoms with E-state index >= 15 is 0 Å². The van der Waals surface area contributed by atoms with Gasteiger partial charge in [0.15, 0.2) is 0 Å². The smallest absolute Gasteiger partial charge is 0.333 e. The maximum atomic E-state index is 11.5. The summed E-state index contributed by atoms with van der Waals surface area (Å²) in [6.45, 7) is 19.7. The molecule has 1 spiro atoms. The second-order valence-electron chi connectivity index (χ2n) is 11.4. The first-order valence-electron chi connectivity index (χ1n) is 12.5. The van der Waals surface area contributed by atoms with Crippen LogP contribution in [0.2, 0.25) is 0 Å². The molecule has 0 fully saturated rings. The van der Waals surface area contributed by atoms with Gasteiger partial charge >= 0.3 is 11.9 Å². The van der Waals surface area contributed by atoms with Gasteiger partial charge in [-0.1, -0.05) is 53.0 Å². The van der Waals surface area contributed by atoms with E-state index in [0.717, 1.165) is 36.1 Å². The van der Waals surface area contributed by atoms with Gasteiger partial charge in [-0.3, -0.25) is 0 Å². The van der Waals surface area contributed by atoms with Gasteiger partial charge in [0.05, 0.1) is 0 Å². The summed E-state index contributed by atoms with van der Waals surface area (Å²) >= 11 is 0. The van der Waals surface area contributed by atoms with Crippen LogP contribution in [0.1, 0.15) is 73.9 Å². The maximum absolute atomic E-state index is 11.5. The lowest BCUT2D eigenvalue weighted by Gasteiger charge is -2.31. The third-order valence-corrected chi connectivity index (χ3v) is 7.77. The molecule has 0 saturated heterocycles. The molecule has 2 aliphatic carbocycles. The van der Waals surface area contributed by atoms with Gasteiger partial charge in [-0.2, -0.15) is 0 Å². The van der Waals surface area contributed by atoms with Crippen molar-refractivity contribution in [1.82, 2.24) is 0 Å². The first-order valence-corrected chi connectivity index (χ1v) is 12.5. The third-order valence-electron chi connectivity index (χ3n) is 7.77. The molecule has 2 aromatic carbocycles. The Hall–Kier alpha value is -3.54. The molecule has 2 aromatic rings. The lowest BCUT2D eigenvalue weighted by Crippen LogP contribution is -2.27. The van der Waals surface area contributed by atoms with Crippen LogP contribution in [0, 0.1) is 13.8 Å². The van der Waals surface area contributed by atoms with Crippen molar-refractivity contribution < 1.29 is 28.5 Å². The summed E-state index contributed by atoms with van der Waals surface area (Å²) in [5.74, 6) is 0.340. The standard InChI is InChI=1S/C31H36O6/c1-9-27(32)36-17-34-25-13-23-21(11-19(25)3)29(5,6)15-31(23)16-30(7,8)22-12-20(4)26(14-24(22)31)35-18-37-28(33)10-2/h9-14H,1-2,15-18H2,3-8H3.